The molecule has 2 rings (SSSR count). The SMILES string of the molecule is CCC(=O)c1cccc(Cc2ccccc2F)c1. The number of hydrogen-bond donors (Lipinski definition) is 0. The fourth-order valence-electron chi connectivity index (χ4n) is 1.92. The molecule has 18 heavy (non-hydrogen) atoms. The van der Waals surface area contributed by atoms with E-state index in [1.54, 1.807) is 18.2 Å². The molecule has 0 saturated heterocycles. The Labute approximate surface area is 106 Å². The van der Waals surface area contributed by atoms with E-state index in [4.69, 9.17) is 0 Å². The number of carbonyl (C=O) groups excluding carboxylic acids is 1. The number of Topliss-reactive ketones (excluding diaryl/α,β-unsaturated/α-hetero) is 1. The van der Waals surface area contributed by atoms with Crippen molar-refractivity contribution >= 4 is 5.78 Å². The van der Waals surface area contributed by atoms with Crippen LogP contribution in [0.25, 0.3) is 0 Å². The first kappa shape index (κ1) is 12.5. The third kappa shape index (κ3) is 2.83. The van der Waals surface area contributed by atoms with Crippen LogP contribution in [0.3, 0.4) is 0 Å². The first-order valence-corrected chi connectivity index (χ1v) is 6.06. The van der Waals surface area contributed by atoms with E-state index >= 15 is 0 Å². The summed E-state index contributed by atoms with van der Waals surface area (Å²) in [6, 6.07) is 14.1. The van der Waals surface area contributed by atoms with Crippen LogP contribution in [0.15, 0.2) is 48.5 Å². The van der Waals surface area contributed by atoms with Crippen molar-refractivity contribution in [1.29, 1.82) is 0 Å². The molecular weight excluding hydrogens is 227 g/mol. The second kappa shape index (κ2) is 5.58. The molecule has 2 aromatic rings. The molecule has 0 unspecified atom stereocenters. The minimum absolute atomic E-state index is 0.116. The summed E-state index contributed by atoms with van der Waals surface area (Å²) in [4.78, 5) is 11.6. The van der Waals surface area contributed by atoms with E-state index in [-0.39, 0.29) is 11.6 Å². The molecule has 0 aromatic heterocycles. The molecule has 0 aliphatic rings. The van der Waals surface area contributed by atoms with E-state index in [2.05, 4.69) is 0 Å². The molecule has 2 heteroatoms. The first-order chi connectivity index (χ1) is 8.70. The molecule has 0 fully saturated rings. The van der Waals surface area contributed by atoms with Crippen LogP contribution < -0.4 is 0 Å². The van der Waals surface area contributed by atoms with Gasteiger partial charge in [-0.05, 0) is 23.3 Å². The fraction of sp³-hybridized carbons (Fsp3) is 0.188. The molecule has 0 heterocycles. The Bertz CT molecular complexity index is 561. The lowest BCUT2D eigenvalue weighted by molar-refractivity contribution is 0.0988. The highest BCUT2D eigenvalue weighted by Gasteiger charge is 2.06. The number of rotatable bonds is 4. The van der Waals surface area contributed by atoms with Crippen molar-refractivity contribution in [2.45, 2.75) is 19.8 Å². The molecule has 0 atom stereocenters. The highest BCUT2D eigenvalue weighted by molar-refractivity contribution is 5.95. The van der Waals surface area contributed by atoms with Gasteiger partial charge in [-0.2, -0.15) is 0 Å². The Balaban J connectivity index is 2.25. The van der Waals surface area contributed by atoms with Crippen molar-refractivity contribution in [3.63, 3.8) is 0 Å². The zero-order valence-corrected chi connectivity index (χ0v) is 10.3. The van der Waals surface area contributed by atoms with Crippen LogP contribution in [-0.2, 0) is 6.42 Å². The van der Waals surface area contributed by atoms with E-state index in [9.17, 15) is 9.18 Å². The summed E-state index contributed by atoms with van der Waals surface area (Å²) in [5.41, 5.74) is 2.31. The van der Waals surface area contributed by atoms with E-state index in [1.807, 2.05) is 31.2 Å². The van der Waals surface area contributed by atoms with Crippen LogP contribution in [-0.4, -0.2) is 5.78 Å². The molecule has 0 saturated carbocycles. The second-order valence-electron chi connectivity index (χ2n) is 4.25. The predicted octanol–water partition coefficient (Wildman–Crippen LogP) is 4.01. The second-order valence-corrected chi connectivity index (χ2v) is 4.25. The maximum Gasteiger partial charge on any atom is 0.162 e. The van der Waals surface area contributed by atoms with Crippen molar-refractivity contribution in [1.82, 2.24) is 0 Å². The molecule has 1 nitrogen and oxygen atoms in total. The Morgan fingerprint density at radius 1 is 1.11 bits per heavy atom. The highest BCUT2D eigenvalue weighted by Crippen LogP contribution is 2.15. The molecule has 0 N–H and O–H groups in total. The Morgan fingerprint density at radius 2 is 1.89 bits per heavy atom. The van der Waals surface area contributed by atoms with E-state index in [0.717, 1.165) is 5.56 Å². The molecule has 2 aromatic carbocycles. The number of halogens is 1. The van der Waals surface area contributed by atoms with Gasteiger partial charge in [-0.15, -0.1) is 0 Å². The standard InChI is InChI=1S/C16H15FO/c1-2-16(18)14-8-5-6-12(11-14)10-13-7-3-4-9-15(13)17/h3-9,11H,2,10H2,1H3. The summed E-state index contributed by atoms with van der Waals surface area (Å²) in [6.45, 7) is 1.84. The van der Waals surface area contributed by atoms with Gasteiger partial charge in [-0.1, -0.05) is 43.3 Å². The molecule has 92 valence electrons. The minimum Gasteiger partial charge on any atom is -0.294 e. The van der Waals surface area contributed by atoms with Crippen molar-refractivity contribution in [3.05, 3.63) is 71.0 Å². The maximum atomic E-state index is 13.5. The summed E-state index contributed by atoms with van der Waals surface area (Å²) < 4.78 is 13.5. The third-order valence-corrected chi connectivity index (χ3v) is 2.92. The molecule has 0 spiro atoms. The quantitative estimate of drug-likeness (QED) is 0.740. The van der Waals surface area contributed by atoms with Crippen molar-refractivity contribution in [2.75, 3.05) is 0 Å². The maximum absolute atomic E-state index is 13.5. The Kier molecular flexibility index (Phi) is 3.88. The van der Waals surface area contributed by atoms with Gasteiger partial charge in [0.25, 0.3) is 0 Å². The van der Waals surface area contributed by atoms with Crippen molar-refractivity contribution in [3.8, 4) is 0 Å². The summed E-state index contributed by atoms with van der Waals surface area (Å²) in [5.74, 6) is -0.0879. The molecule has 0 aliphatic heterocycles. The number of carbonyl (C=O) groups is 1. The van der Waals surface area contributed by atoms with Gasteiger partial charge in [0.2, 0.25) is 0 Å². The highest BCUT2D eigenvalue weighted by atomic mass is 19.1. The van der Waals surface area contributed by atoms with Crippen molar-refractivity contribution < 1.29 is 9.18 Å². The van der Waals surface area contributed by atoms with Gasteiger partial charge in [0.05, 0.1) is 0 Å². The van der Waals surface area contributed by atoms with Gasteiger partial charge in [-0.3, -0.25) is 4.79 Å². The van der Waals surface area contributed by atoms with Gasteiger partial charge in [0.1, 0.15) is 5.82 Å². The Hall–Kier alpha value is -1.96. The largest absolute Gasteiger partial charge is 0.294 e. The number of hydrogen-bond acceptors (Lipinski definition) is 1. The lowest BCUT2D eigenvalue weighted by Gasteiger charge is -2.05. The summed E-state index contributed by atoms with van der Waals surface area (Å²) in [7, 11) is 0. The van der Waals surface area contributed by atoms with Crippen LogP contribution in [0.5, 0.6) is 0 Å². The average molecular weight is 242 g/mol. The van der Waals surface area contributed by atoms with Gasteiger partial charge in [0, 0.05) is 18.4 Å². The van der Waals surface area contributed by atoms with Gasteiger partial charge in [0.15, 0.2) is 5.78 Å². The topological polar surface area (TPSA) is 17.1 Å². The lowest BCUT2D eigenvalue weighted by atomic mass is 10.0. The third-order valence-electron chi connectivity index (χ3n) is 2.92. The minimum atomic E-state index is -0.204. The van der Waals surface area contributed by atoms with Gasteiger partial charge < -0.3 is 0 Å². The van der Waals surface area contributed by atoms with Crippen LogP contribution in [0.4, 0.5) is 4.39 Å². The van der Waals surface area contributed by atoms with Crippen LogP contribution in [0, 0.1) is 5.82 Å². The zero-order valence-electron chi connectivity index (χ0n) is 10.3. The lowest BCUT2D eigenvalue weighted by Crippen LogP contribution is -1.98. The average Bonchev–Trinajstić information content (AvgIpc) is 2.41. The molecule has 0 aliphatic carbocycles. The van der Waals surface area contributed by atoms with Crippen LogP contribution >= 0.6 is 0 Å². The van der Waals surface area contributed by atoms with Crippen LogP contribution in [0.2, 0.25) is 0 Å². The summed E-state index contributed by atoms with van der Waals surface area (Å²) >= 11 is 0. The number of ketones is 1. The fourth-order valence-corrected chi connectivity index (χ4v) is 1.92. The smallest absolute Gasteiger partial charge is 0.162 e. The van der Waals surface area contributed by atoms with Gasteiger partial charge >= 0.3 is 0 Å². The van der Waals surface area contributed by atoms with Crippen molar-refractivity contribution in [2.24, 2.45) is 0 Å². The number of benzene rings is 2. The molecule has 0 amide bonds. The van der Waals surface area contributed by atoms with E-state index < -0.39 is 0 Å². The molecule has 0 bridgehead atoms. The molecule has 0 radical (unpaired) electrons. The summed E-state index contributed by atoms with van der Waals surface area (Å²) in [5, 5.41) is 0. The summed E-state index contributed by atoms with van der Waals surface area (Å²) in [6.07, 6.45) is 1.00. The van der Waals surface area contributed by atoms with Crippen LogP contribution in [0.1, 0.15) is 34.8 Å². The molecular formula is C16H15FO. The Morgan fingerprint density at radius 3 is 2.61 bits per heavy atom. The monoisotopic (exact) mass is 242 g/mol. The van der Waals surface area contributed by atoms with Gasteiger partial charge in [-0.25, -0.2) is 4.39 Å². The predicted molar refractivity (Wildman–Crippen MR) is 70.3 cm³/mol. The normalized spacial score (nSPS) is 10.3. The van der Waals surface area contributed by atoms with E-state index in [0.29, 0.717) is 24.0 Å². The first-order valence-electron chi connectivity index (χ1n) is 6.06. The zero-order chi connectivity index (χ0) is 13.0. The van der Waals surface area contributed by atoms with E-state index in [1.165, 1.54) is 6.07 Å².